The van der Waals surface area contributed by atoms with Crippen LogP contribution in [0.15, 0.2) is 46.5 Å². The fraction of sp³-hybridized carbons (Fsp3) is 0.400. The number of likely N-dealkylation sites (tertiary alicyclic amines) is 1. The average Bonchev–Trinajstić information content (AvgIpc) is 2.77. The largest absolute Gasteiger partial charge is 0.495 e. The van der Waals surface area contributed by atoms with Crippen molar-refractivity contribution in [2.45, 2.75) is 22.8 Å². The average molecular weight is 470 g/mol. The Kier molecular flexibility index (Phi) is 7.62. The fourth-order valence-corrected chi connectivity index (χ4v) is 5.48. The summed E-state index contributed by atoms with van der Waals surface area (Å²) in [6.07, 6.45) is 5.01. The van der Waals surface area contributed by atoms with Crippen LogP contribution in [-0.4, -0.2) is 57.2 Å². The number of rotatable bonds is 7. The first-order chi connectivity index (χ1) is 14.4. The minimum Gasteiger partial charge on any atom is -0.495 e. The highest BCUT2D eigenvalue weighted by atomic mass is 35.5. The molecule has 3 rings (SSSR count). The summed E-state index contributed by atoms with van der Waals surface area (Å²) in [4.78, 5) is 18.9. The molecule has 7 nitrogen and oxygen atoms in total. The predicted octanol–water partition coefficient (Wildman–Crippen LogP) is 3.30. The third kappa shape index (κ3) is 5.26. The molecule has 2 heterocycles. The number of nitrogens with one attached hydrogen (secondary N) is 1. The van der Waals surface area contributed by atoms with E-state index in [-0.39, 0.29) is 22.5 Å². The van der Waals surface area contributed by atoms with Gasteiger partial charge in [-0.3, -0.25) is 4.79 Å². The lowest BCUT2D eigenvalue weighted by Gasteiger charge is -2.32. The lowest BCUT2D eigenvalue weighted by atomic mass is 9.97. The van der Waals surface area contributed by atoms with E-state index >= 15 is 0 Å². The molecule has 1 saturated heterocycles. The molecule has 162 valence electrons. The number of nitrogens with zero attached hydrogens (tertiary/aromatic N) is 2. The number of piperidine rings is 1. The summed E-state index contributed by atoms with van der Waals surface area (Å²) in [5.41, 5.74) is 0.609. The molecule has 0 aliphatic carbocycles. The van der Waals surface area contributed by atoms with Crippen LogP contribution < -0.4 is 9.46 Å². The number of amides is 1. The first-order valence-electron chi connectivity index (χ1n) is 9.47. The van der Waals surface area contributed by atoms with Crippen molar-refractivity contribution in [1.29, 1.82) is 0 Å². The third-order valence-electron chi connectivity index (χ3n) is 5.07. The van der Waals surface area contributed by atoms with Crippen LogP contribution >= 0.6 is 23.4 Å². The predicted molar refractivity (Wildman–Crippen MR) is 118 cm³/mol. The summed E-state index contributed by atoms with van der Waals surface area (Å²) >= 11 is 7.40. The van der Waals surface area contributed by atoms with E-state index in [4.69, 9.17) is 16.3 Å². The molecule has 0 atom stereocenters. The molecule has 1 aromatic heterocycles. The number of hydrogen-bond donors (Lipinski definition) is 1. The zero-order valence-electron chi connectivity index (χ0n) is 16.8. The van der Waals surface area contributed by atoms with Gasteiger partial charge in [0.2, 0.25) is 10.0 Å². The Bertz CT molecular complexity index is 1010. The van der Waals surface area contributed by atoms with Crippen molar-refractivity contribution in [3.63, 3.8) is 0 Å². The highest BCUT2D eigenvalue weighted by Crippen LogP contribution is 2.28. The minimum absolute atomic E-state index is 0.0197. The second-order valence-electron chi connectivity index (χ2n) is 6.94. The third-order valence-corrected chi connectivity index (χ3v) is 7.47. The van der Waals surface area contributed by atoms with Crippen molar-refractivity contribution in [2.75, 3.05) is 33.0 Å². The van der Waals surface area contributed by atoms with Crippen molar-refractivity contribution in [3.8, 4) is 5.75 Å². The van der Waals surface area contributed by atoms with Gasteiger partial charge in [0.1, 0.15) is 15.7 Å². The molecule has 2 aromatic rings. The van der Waals surface area contributed by atoms with Gasteiger partial charge in [0.05, 0.1) is 12.7 Å². The van der Waals surface area contributed by atoms with E-state index in [1.807, 2.05) is 11.2 Å². The van der Waals surface area contributed by atoms with Gasteiger partial charge in [-0.1, -0.05) is 11.6 Å². The zero-order valence-corrected chi connectivity index (χ0v) is 19.2. The Morgan fingerprint density at radius 2 is 2.07 bits per heavy atom. The maximum Gasteiger partial charge on any atom is 0.256 e. The number of pyridine rings is 1. The SMILES string of the molecule is COc1ccc(Cl)cc1S(=O)(=O)NCC1CCN(C(=O)c2cccnc2SC)CC1. The van der Waals surface area contributed by atoms with Gasteiger partial charge in [0.15, 0.2) is 0 Å². The van der Waals surface area contributed by atoms with E-state index in [1.54, 1.807) is 24.4 Å². The number of carbonyl (C=O) groups is 1. The van der Waals surface area contributed by atoms with E-state index in [1.165, 1.54) is 31.0 Å². The van der Waals surface area contributed by atoms with Gasteiger partial charge in [-0.25, -0.2) is 18.1 Å². The van der Waals surface area contributed by atoms with E-state index in [9.17, 15) is 13.2 Å². The number of carbonyl (C=O) groups excluding carboxylic acids is 1. The molecule has 1 aromatic carbocycles. The molecule has 30 heavy (non-hydrogen) atoms. The number of benzene rings is 1. The van der Waals surface area contributed by atoms with Crippen molar-refractivity contribution in [1.82, 2.24) is 14.6 Å². The number of hydrogen-bond acceptors (Lipinski definition) is 6. The molecule has 0 spiro atoms. The molecule has 10 heteroatoms. The topological polar surface area (TPSA) is 88.6 Å². The number of methoxy groups -OCH3 is 1. The van der Waals surface area contributed by atoms with E-state index in [0.29, 0.717) is 35.2 Å². The Balaban J connectivity index is 1.59. The van der Waals surface area contributed by atoms with E-state index in [2.05, 4.69) is 9.71 Å². The summed E-state index contributed by atoms with van der Waals surface area (Å²) in [5, 5.41) is 1.04. The highest BCUT2D eigenvalue weighted by molar-refractivity contribution is 7.98. The zero-order chi connectivity index (χ0) is 21.7. The molecule has 1 aliphatic heterocycles. The Labute approximate surface area is 186 Å². The Hall–Kier alpha value is -1.81. The number of ether oxygens (including phenoxy) is 1. The number of halogens is 1. The Morgan fingerprint density at radius 3 is 2.73 bits per heavy atom. The minimum atomic E-state index is -3.76. The number of sulfonamides is 1. The maximum atomic E-state index is 12.8. The highest BCUT2D eigenvalue weighted by Gasteiger charge is 2.27. The van der Waals surface area contributed by atoms with E-state index < -0.39 is 10.0 Å². The van der Waals surface area contributed by atoms with Crippen molar-refractivity contribution < 1.29 is 17.9 Å². The molecule has 1 N–H and O–H groups in total. The lowest BCUT2D eigenvalue weighted by molar-refractivity contribution is 0.0687. The fourth-order valence-electron chi connectivity index (χ4n) is 3.39. The molecule has 1 aliphatic rings. The van der Waals surface area contributed by atoms with Crippen LogP contribution in [0.5, 0.6) is 5.75 Å². The van der Waals surface area contributed by atoms with Gasteiger partial charge in [-0.2, -0.15) is 0 Å². The van der Waals surface area contributed by atoms with Crippen LogP contribution in [0.3, 0.4) is 0 Å². The number of thioether (sulfide) groups is 1. The molecular formula is C20H24ClN3O4S2. The normalized spacial score (nSPS) is 15.2. The van der Waals surface area contributed by atoms with Crippen LogP contribution in [0.1, 0.15) is 23.2 Å². The first-order valence-corrected chi connectivity index (χ1v) is 12.6. The molecule has 1 fully saturated rings. The second-order valence-corrected chi connectivity index (χ2v) is 9.91. The maximum absolute atomic E-state index is 12.8. The lowest BCUT2D eigenvalue weighted by Crippen LogP contribution is -2.41. The quantitative estimate of drug-likeness (QED) is 0.626. The summed E-state index contributed by atoms with van der Waals surface area (Å²) in [5.74, 6) is 0.353. The number of aromatic nitrogens is 1. The summed E-state index contributed by atoms with van der Waals surface area (Å²) in [6, 6.07) is 8.04. The smallest absolute Gasteiger partial charge is 0.256 e. The van der Waals surface area contributed by atoms with Gasteiger partial charge in [0.25, 0.3) is 5.91 Å². The molecule has 0 saturated carbocycles. The monoisotopic (exact) mass is 469 g/mol. The Morgan fingerprint density at radius 1 is 1.33 bits per heavy atom. The van der Waals surface area contributed by atoms with Crippen molar-refractivity contribution in [3.05, 3.63) is 47.1 Å². The molecule has 0 unspecified atom stereocenters. The molecule has 0 radical (unpaired) electrons. The first kappa shape index (κ1) is 22.9. The van der Waals surface area contributed by atoms with Gasteiger partial charge in [-0.15, -0.1) is 11.8 Å². The van der Waals surface area contributed by atoms with Crippen LogP contribution in [0.2, 0.25) is 5.02 Å². The van der Waals surface area contributed by atoms with Crippen LogP contribution in [0.25, 0.3) is 0 Å². The van der Waals surface area contributed by atoms with Crippen LogP contribution in [-0.2, 0) is 10.0 Å². The van der Waals surface area contributed by atoms with Gasteiger partial charge < -0.3 is 9.64 Å². The molecule has 0 bridgehead atoms. The molecule has 1 amide bonds. The summed E-state index contributed by atoms with van der Waals surface area (Å²) < 4.78 is 33.2. The van der Waals surface area contributed by atoms with Crippen LogP contribution in [0, 0.1) is 5.92 Å². The summed E-state index contributed by atoms with van der Waals surface area (Å²) in [6.45, 7) is 1.45. The second kappa shape index (κ2) is 10.00. The van der Waals surface area contributed by atoms with Gasteiger partial charge >= 0.3 is 0 Å². The molecular weight excluding hydrogens is 446 g/mol. The standard InChI is InChI=1S/C20H24ClN3O4S2/c1-28-17-6-5-15(21)12-18(17)30(26,27)23-13-14-7-10-24(11-8-14)20(25)16-4-3-9-22-19(16)29-2/h3-6,9,12,14,23H,7-8,10-11,13H2,1-2H3. The van der Waals surface area contributed by atoms with Crippen molar-refractivity contribution in [2.24, 2.45) is 5.92 Å². The van der Waals surface area contributed by atoms with Crippen LogP contribution in [0.4, 0.5) is 0 Å². The van der Waals surface area contributed by atoms with Gasteiger partial charge in [0, 0.05) is 30.9 Å². The van der Waals surface area contributed by atoms with E-state index in [0.717, 1.165) is 12.8 Å². The van der Waals surface area contributed by atoms with Gasteiger partial charge in [-0.05, 0) is 55.3 Å². The van der Waals surface area contributed by atoms with Crippen molar-refractivity contribution >= 4 is 39.3 Å². The summed E-state index contributed by atoms with van der Waals surface area (Å²) in [7, 11) is -2.34.